The molecule has 126 valence electrons. The van der Waals surface area contributed by atoms with Gasteiger partial charge in [-0.1, -0.05) is 51.4 Å². The quantitative estimate of drug-likeness (QED) is 0.723. The normalized spacial score (nSPS) is 22.6. The summed E-state index contributed by atoms with van der Waals surface area (Å²) in [6.07, 6.45) is 12.7. The van der Waals surface area contributed by atoms with Gasteiger partial charge >= 0.3 is 0 Å². The van der Waals surface area contributed by atoms with Gasteiger partial charge in [0, 0.05) is 18.9 Å². The van der Waals surface area contributed by atoms with Gasteiger partial charge in [-0.2, -0.15) is 0 Å². The van der Waals surface area contributed by atoms with Crippen molar-refractivity contribution in [1.29, 1.82) is 0 Å². The molecule has 2 amide bonds. The number of amides is 2. The largest absolute Gasteiger partial charge is 0.369 e. The van der Waals surface area contributed by atoms with Crippen molar-refractivity contribution < 1.29 is 9.59 Å². The molecule has 3 N–H and O–H groups in total. The molecule has 22 heavy (non-hydrogen) atoms. The third kappa shape index (κ3) is 4.72. The second-order valence-corrected chi connectivity index (χ2v) is 7.34. The summed E-state index contributed by atoms with van der Waals surface area (Å²) in [6.45, 7) is 0. The van der Waals surface area contributed by atoms with Gasteiger partial charge in [0.05, 0.1) is 0 Å². The molecule has 0 spiro atoms. The van der Waals surface area contributed by atoms with Crippen molar-refractivity contribution in [2.75, 3.05) is 7.05 Å². The fourth-order valence-electron chi connectivity index (χ4n) is 4.50. The summed E-state index contributed by atoms with van der Waals surface area (Å²) in [5.41, 5.74) is 5.67. The van der Waals surface area contributed by atoms with Gasteiger partial charge in [0.25, 0.3) is 0 Å². The molecule has 2 fully saturated rings. The summed E-state index contributed by atoms with van der Waals surface area (Å²) in [7, 11) is 1.67. The second-order valence-electron chi connectivity index (χ2n) is 7.34. The van der Waals surface area contributed by atoms with Gasteiger partial charge in [-0.05, 0) is 31.1 Å². The Labute approximate surface area is 134 Å². The molecule has 2 aliphatic rings. The van der Waals surface area contributed by atoms with Gasteiger partial charge in [-0.25, -0.2) is 0 Å². The van der Waals surface area contributed by atoms with E-state index in [1.807, 2.05) is 0 Å². The second kappa shape index (κ2) is 8.54. The minimum absolute atomic E-state index is 0.00196. The molecule has 0 heterocycles. The van der Waals surface area contributed by atoms with Crippen LogP contribution in [0.1, 0.15) is 70.6 Å². The van der Waals surface area contributed by atoms with Crippen LogP contribution in [0.2, 0.25) is 0 Å². The van der Waals surface area contributed by atoms with Gasteiger partial charge in [-0.15, -0.1) is 0 Å². The molecule has 2 atom stereocenters. The molecular formula is C18H32N2O2. The van der Waals surface area contributed by atoms with Crippen LogP contribution in [0.15, 0.2) is 0 Å². The predicted octanol–water partition coefficient (Wildman–Crippen LogP) is 3.00. The van der Waals surface area contributed by atoms with Crippen molar-refractivity contribution in [2.45, 2.75) is 70.6 Å². The third-order valence-corrected chi connectivity index (χ3v) is 5.86. The zero-order chi connectivity index (χ0) is 15.9. The molecule has 0 radical (unpaired) electrons. The SMILES string of the molecule is CNC(=O)C(CC1CCCC1)[C@H](CCC1CCCC1)C(N)=O. The lowest BCUT2D eigenvalue weighted by Crippen LogP contribution is -2.40. The summed E-state index contributed by atoms with van der Waals surface area (Å²) in [4.78, 5) is 24.3. The zero-order valence-corrected chi connectivity index (χ0v) is 14.0. The summed E-state index contributed by atoms with van der Waals surface area (Å²) in [5.74, 6) is 0.522. The first-order valence-electron chi connectivity index (χ1n) is 9.12. The van der Waals surface area contributed by atoms with Crippen molar-refractivity contribution in [1.82, 2.24) is 5.32 Å². The number of hydrogen-bond acceptors (Lipinski definition) is 2. The van der Waals surface area contributed by atoms with Gasteiger partial charge in [0.15, 0.2) is 0 Å². The van der Waals surface area contributed by atoms with Gasteiger partial charge < -0.3 is 11.1 Å². The molecule has 0 aromatic rings. The Kier molecular flexibility index (Phi) is 6.71. The first-order valence-corrected chi connectivity index (χ1v) is 9.12. The molecule has 1 unspecified atom stereocenters. The Morgan fingerprint density at radius 2 is 1.55 bits per heavy atom. The van der Waals surface area contributed by atoms with Crippen LogP contribution in [-0.4, -0.2) is 18.9 Å². The maximum atomic E-state index is 12.3. The molecule has 4 heteroatoms. The maximum absolute atomic E-state index is 12.3. The van der Waals surface area contributed by atoms with Gasteiger partial charge in [-0.3, -0.25) is 9.59 Å². The lowest BCUT2D eigenvalue weighted by molar-refractivity contribution is -0.134. The van der Waals surface area contributed by atoms with Crippen LogP contribution >= 0.6 is 0 Å². The molecule has 0 saturated heterocycles. The Morgan fingerprint density at radius 3 is 2.05 bits per heavy atom. The van der Waals surface area contributed by atoms with Crippen molar-refractivity contribution in [3.05, 3.63) is 0 Å². The Balaban J connectivity index is 1.98. The van der Waals surface area contributed by atoms with E-state index in [1.54, 1.807) is 7.05 Å². The first-order chi connectivity index (χ1) is 10.6. The topological polar surface area (TPSA) is 72.2 Å². The highest BCUT2D eigenvalue weighted by atomic mass is 16.2. The number of carbonyl (C=O) groups is 2. The highest BCUT2D eigenvalue weighted by Gasteiger charge is 2.35. The van der Waals surface area contributed by atoms with E-state index in [1.165, 1.54) is 51.4 Å². The number of hydrogen-bond donors (Lipinski definition) is 2. The highest BCUT2D eigenvalue weighted by molar-refractivity contribution is 5.86. The average Bonchev–Trinajstić information content (AvgIpc) is 3.18. The first kappa shape index (κ1) is 17.3. The maximum Gasteiger partial charge on any atom is 0.223 e. The Bertz CT molecular complexity index is 371. The average molecular weight is 308 g/mol. The minimum Gasteiger partial charge on any atom is -0.369 e. The molecule has 2 aliphatic carbocycles. The Hall–Kier alpha value is -1.06. The molecule has 0 bridgehead atoms. The Morgan fingerprint density at radius 1 is 1.00 bits per heavy atom. The number of nitrogens with one attached hydrogen (secondary N) is 1. The number of nitrogens with two attached hydrogens (primary N) is 1. The fraction of sp³-hybridized carbons (Fsp3) is 0.889. The van der Waals surface area contributed by atoms with E-state index in [0.717, 1.165) is 25.2 Å². The lowest BCUT2D eigenvalue weighted by Gasteiger charge is -2.26. The molecule has 0 aromatic carbocycles. The van der Waals surface area contributed by atoms with Crippen molar-refractivity contribution in [3.8, 4) is 0 Å². The van der Waals surface area contributed by atoms with Gasteiger partial charge in [0.2, 0.25) is 11.8 Å². The van der Waals surface area contributed by atoms with Crippen LogP contribution in [0.25, 0.3) is 0 Å². The molecule has 0 aromatic heterocycles. The van der Waals surface area contributed by atoms with E-state index in [0.29, 0.717) is 5.92 Å². The summed E-state index contributed by atoms with van der Waals surface area (Å²) in [6, 6.07) is 0. The van der Waals surface area contributed by atoms with E-state index in [2.05, 4.69) is 5.32 Å². The third-order valence-electron chi connectivity index (χ3n) is 5.86. The highest BCUT2D eigenvalue weighted by Crippen LogP contribution is 2.36. The van der Waals surface area contributed by atoms with E-state index in [-0.39, 0.29) is 23.7 Å². The molecule has 2 saturated carbocycles. The number of carbonyl (C=O) groups excluding carboxylic acids is 2. The van der Waals surface area contributed by atoms with E-state index < -0.39 is 0 Å². The smallest absolute Gasteiger partial charge is 0.223 e. The van der Waals surface area contributed by atoms with Crippen LogP contribution in [0.3, 0.4) is 0 Å². The van der Waals surface area contributed by atoms with Crippen molar-refractivity contribution in [3.63, 3.8) is 0 Å². The zero-order valence-electron chi connectivity index (χ0n) is 14.0. The van der Waals surface area contributed by atoms with Crippen LogP contribution in [0, 0.1) is 23.7 Å². The van der Waals surface area contributed by atoms with Crippen LogP contribution in [0.5, 0.6) is 0 Å². The fourth-order valence-corrected chi connectivity index (χ4v) is 4.50. The monoisotopic (exact) mass is 308 g/mol. The summed E-state index contributed by atoms with van der Waals surface area (Å²) < 4.78 is 0. The van der Waals surface area contributed by atoms with E-state index in [9.17, 15) is 9.59 Å². The predicted molar refractivity (Wildman–Crippen MR) is 88.0 cm³/mol. The molecule has 4 nitrogen and oxygen atoms in total. The van der Waals surface area contributed by atoms with E-state index >= 15 is 0 Å². The van der Waals surface area contributed by atoms with Gasteiger partial charge in [0.1, 0.15) is 0 Å². The summed E-state index contributed by atoms with van der Waals surface area (Å²) in [5, 5.41) is 2.76. The van der Waals surface area contributed by atoms with Crippen molar-refractivity contribution in [2.24, 2.45) is 29.4 Å². The van der Waals surface area contributed by atoms with Crippen molar-refractivity contribution >= 4 is 11.8 Å². The lowest BCUT2D eigenvalue weighted by atomic mass is 9.79. The molecular weight excluding hydrogens is 276 g/mol. The minimum atomic E-state index is -0.291. The molecule has 2 rings (SSSR count). The van der Waals surface area contributed by atoms with Crippen LogP contribution in [0.4, 0.5) is 0 Å². The van der Waals surface area contributed by atoms with Crippen LogP contribution < -0.4 is 11.1 Å². The van der Waals surface area contributed by atoms with E-state index in [4.69, 9.17) is 5.73 Å². The molecule has 0 aliphatic heterocycles. The van der Waals surface area contributed by atoms with Crippen LogP contribution in [-0.2, 0) is 9.59 Å². The summed E-state index contributed by atoms with van der Waals surface area (Å²) >= 11 is 0. The number of rotatable bonds is 8. The standard InChI is InChI=1S/C18H32N2O2/c1-20-18(22)16(12-14-8-4-5-9-14)15(17(19)21)11-10-13-6-2-3-7-13/h13-16H,2-12H2,1H3,(H2,19,21)(H,20,22)/t15-,16?/m0/s1. The number of primary amides is 1.